The summed E-state index contributed by atoms with van der Waals surface area (Å²) in [5.74, 6) is -3.32. The van der Waals surface area contributed by atoms with Crippen molar-refractivity contribution in [1.29, 1.82) is 0 Å². The number of benzene rings is 1. The summed E-state index contributed by atoms with van der Waals surface area (Å²) in [4.78, 5) is 11.4. The van der Waals surface area contributed by atoms with Gasteiger partial charge in [0, 0.05) is 12.5 Å². The Morgan fingerprint density at radius 2 is 1.83 bits per heavy atom. The Morgan fingerprint density at radius 1 is 1.25 bits per heavy atom. The average Bonchev–Trinajstić information content (AvgIpc) is 3.03. The van der Waals surface area contributed by atoms with E-state index in [0.29, 0.717) is 4.31 Å². The van der Waals surface area contributed by atoms with Gasteiger partial charge in [0.05, 0.1) is 17.9 Å². The third kappa shape index (κ3) is 2.59. The van der Waals surface area contributed by atoms with Crippen LogP contribution in [0, 0.1) is 24.7 Å². The molecule has 1 aromatic carbocycles. The number of methoxy groups -OCH3 is 1. The highest BCUT2D eigenvalue weighted by Gasteiger charge is 2.73. The van der Waals surface area contributed by atoms with Crippen molar-refractivity contribution in [3.8, 4) is 0 Å². The van der Waals surface area contributed by atoms with Gasteiger partial charge in [-0.1, -0.05) is 17.7 Å². The first-order valence-corrected chi connectivity index (χ1v) is 8.76. The van der Waals surface area contributed by atoms with Crippen molar-refractivity contribution in [3.63, 3.8) is 0 Å². The van der Waals surface area contributed by atoms with E-state index in [9.17, 15) is 26.4 Å². The van der Waals surface area contributed by atoms with Crippen LogP contribution in [-0.4, -0.2) is 44.6 Å². The summed E-state index contributed by atoms with van der Waals surface area (Å²) < 4.78 is 70.7. The van der Waals surface area contributed by atoms with E-state index in [-0.39, 0.29) is 11.4 Å². The van der Waals surface area contributed by atoms with E-state index in [1.54, 1.807) is 6.92 Å². The molecule has 1 aliphatic heterocycles. The van der Waals surface area contributed by atoms with Crippen LogP contribution in [0.3, 0.4) is 0 Å². The Hall–Kier alpha value is -1.61. The molecular formula is C15H16F3NO4S. The maximum Gasteiger partial charge on any atom is 0.405 e. The quantitative estimate of drug-likeness (QED) is 0.771. The van der Waals surface area contributed by atoms with Gasteiger partial charge in [0.2, 0.25) is 10.0 Å². The first kappa shape index (κ1) is 17.2. The van der Waals surface area contributed by atoms with E-state index in [0.717, 1.165) is 12.7 Å². The zero-order valence-electron chi connectivity index (χ0n) is 12.9. The molecule has 2 fully saturated rings. The predicted octanol–water partition coefficient (Wildman–Crippen LogP) is 1.97. The van der Waals surface area contributed by atoms with Crippen LogP contribution >= 0.6 is 0 Å². The number of rotatable bonds is 3. The highest BCUT2D eigenvalue weighted by molar-refractivity contribution is 7.89. The number of hydrogen-bond acceptors (Lipinski definition) is 4. The molecule has 1 aliphatic carbocycles. The monoisotopic (exact) mass is 363 g/mol. The van der Waals surface area contributed by atoms with E-state index < -0.39 is 46.0 Å². The molecule has 0 N–H and O–H groups in total. The minimum Gasteiger partial charge on any atom is -0.469 e. The van der Waals surface area contributed by atoms with Crippen LogP contribution in [0.25, 0.3) is 0 Å². The van der Waals surface area contributed by atoms with Crippen LogP contribution in [0.1, 0.15) is 5.56 Å². The first-order chi connectivity index (χ1) is 11.1. The van der Waals surface area contributed by atoms with Crippen molar-refractivity contribution in [2.24, 2.45) is 17.8 Å². The Balaban J connectivity index is 1.94. The molecule has 1 saturated heterocycles. The van der Waals surface area contributed by atoms with E-state index in [1.165, 1.54) is 24.3 Å². The lowest BCUT2D eigenvalue weighted by atomic mass is 10.1. The molecule has 2 aliphatic rings. The van der Waals surface area contributed by atoms with Crippen molar-refractivity contribution >= 4 is 16.0 Å². The van der Waals surface area contributed by atoms with Crippen LogP contribution in [0.15, 0.2) is 29.2 Å². The number of sulfonamides is 1. The van der Waals surface area contributed by atoms with Crippen molar-refractivity contribution < 1.29 is 31.1 Å². The molecule has 0 radical (unpaired) electrons. The van der Waals surface area contributed by atoms with Crippen LogP contribution in [0.2, 0.25) is 0 Å². The number of ether oxygens (including phenoxy) is 1. The number of esters is 1. The molecule has 132 valence electrons. The number of carbonyl (C=O) groups excluding carboxylic acids is 1. The van der Waals surface area contributed by atoms with Gasteiger partial charge in [-0.25, -0.2) is 8.42 Å². The molecule has 4 atom stereocenters. The van der Waals surface area contributed by atoms with Gasteiger partial charge in [0.25, 0.3) is 0 Å². The zero-order valence-corrected chi connectivity index (χ0v) is 13.8. The maximum atomic E-state index is 13.5. The normalized spacial score (nSPS) is 30.0. The molecule has 0 unspecified atom stereocenters. The van der Waals surface area contributed by atoms with Crippen LogP contribution in [0.5, 0.6) is 0 Å². The minimum absolute atomic E-state index is 0.182. The summed E-state index contributed by atoms with van der Waals surface area (Å²) in [5, 5.41) is 0. The second kappa shape index (κ2) is 5.45. The molecule has 3 rings (SSSR count). The fourth-order valence-corrected chi connectivity index (χ4v) is 5.20. The molecule has 5 nitrogen and oxygen atoms in total. The lowest BCUT2D eigenvalue weighted by Crippen LogP contribution is -2.48. The summed E-state index contributed by atoms with van der Waals surface area (Å²) in [7, 11) is -3.17. The highest BCUT2D eigenvalue weighted by atomic mass is 32.2. The molecular weight excluding hydrogens is 347 g/mol. The second-order valence-corrected chi connectivity index (χ2v) is 8.05. The lowest BCUT2D eigenvalue weighted by Gasteiger charge is -2.29. The van der Waals surface area contributed by atoms with E-state index in [4.69, 9.17) is 0 Å². The van der Waals surface area contributed by atoms with Gasteiger partial charge < -0.3 is 4.74 Å². The third-order valence-corrected chi connectivity index (χ3v) is 6.59. The summed E-state index contributed by atoms with van der Waals surface area (Å²) in [5.41, 5.74) is 0.802. The number of hydrogen-bond donors (Lipinski definition) is 0. The fraction of sp³-hybridized carbons (Fsp3) is 0.533. The van der Waals surface area contributed by atoms with E-state index >= 15 is 0 Å². The molecule has 0 bridgehead atoms. The summed E-state index contributed by atoms with van der Waals surface area (Å²) in [6.45, 7) is 1.42. The van der Waals surface area contributed by atoms with Gasteiger partial charge in [0.1, 0.15) is 6.04 Å². The minimum atomic E-state index is -4.75. The number of halogens is 3. The Labute approximate surface area is 137 Å². The largest absolute Gasteiger partial charge is 0.469 e. The van der Waals surface area contributed by atoms with Crippen LogP contribution < -0.4 is 0 Å². The van der Waals surface area contributed by atoms with Gasteiger partial charge in [-0.2, -0.15) is 17.5 Å². The van der Waals surface area contributed by atoms with Gasteiger partial charge in [-0.15, -0.1) is 0 Å². The van der Waals surface area contributed by atoms with E-state index in [2.05, 4.69) is 4.74 Å². The lowest BCUT2D eigenvalue weighted by molar-refractivity contribution is -0.174. The van der Waals surface area contributed by atoms with Gasteiger partial charge in [-0.05, 0) is 25.0 Å². The Kier molecular flexibility index (Phi) is 3.91. The molecule has 0 amide bonds. The molecule has 1 aromatic rings. The molecule has 0 aromatic heterocycles. The molecule has 1 heterocycles. The molecule has 9 heteroatoms. The van der Waals surface area contributed by atoms with Gasteiger partial charge >= 0.3 is 12.1 Å². The number of alkyl halides is 3. The smallest absolute Gasteiger partial charge is 0.405 e. The summed E-state index contributed by atoms with van der Waals surface area (Å²) >= 11 is 0. The standard InChI is InChI=1S/C15H16F3NO4S/c1-8-3-5-9(6-4-8)24(21,22)19-7-10-11(12(10)14(20)23-2)13(19)15(16,17)18/h3-6,10-13H,7H2,1-2H3/t10-,11+,12+,13+/m0/s1. The first-order valence-electron chi connectivity index (χ1n) is 7.32. The van der Waals surface area contributed by atoms with Crippen molar-refractivity contribution in [2.45, 2.75) is 24.0 Å². The van der Waals surface area contributed by atoms with Crippen molar-refractivity contribution in [1.82, 2.24) is 4.31 Å². The fourth-order valence-electron chi connectivity index (χ4n) is 3.52. The Bertz CT molecular complexity index is 760. The van der Waals surface area contributed by atoms with Gasteiger partial charge in [-0.3, -0.25) is 4.79 Å². The maximum absolute atomic E-state index is 13.5. The number of carbonyl (C=O) groups is 1. The second-order valence-electron chi connectivity index (χ2n) is 6.16. The third-order valence-electron chi connectivity index (χ3n) is 4.73. The molecule has 0 spiro atoms. The number of aryl methyl sites for hydroxylation is 1. The SMILES string of the molecule is COC(=O)[C@@H]1[C@H]2CN(S(=O)(=O)c3ccc(C)cc3)[C@@H](C(F)(F)F)[C@H]21. The van der Waals surface area contributed by atoms with Crippen LogP contribution in [0.4, 0.5) is 13.2 Å². The van der Waals surface area contributed by atoms with Crippen LogP contribution in [-0.2, 0) is 19.6 Å². The summed E-state index contributed by atoms with van der Waals surface area (Å²) in [6, 6.07) is 3.45. The van der Waals surface area contributed by atoms with Crippen molar-refractivity contribution in [2.75, 3.05) is 13.7 Å². The highest BCUT2D eigenvalue weighted by Crippen LogP contribution is 2.60. The van der Waals surface area contributed by atoms with E-state index in [1.807, 2.05) is 0 Å². The zero-order chi connectivity index (χ0) is 17.9. The Morgan fingerprint density at radius 3 is 2.33 bits per heavy atom. The predicted molar refractivity (Wildman–Crippen MR) is 77.4 cm³/mol. The topological polar surface area (TPSA) is 63.7 Å². The summed E-state index contributed by atoms with van der Waals surface area (Å²) in [6.07, 6.45) is -4.75. The number of fused-ring (bicyclic) bond motifs is 1. The number of nitrogens with zero attached hydrogens (tertiary/aromatic N) is 1. The average molecular weight is 363 g/mol. The van der Waals surface area contributed by atoms with Gasteiger partial charge in [0.15, 0.2) is 0 Å². The number of piperidine rings is 1. The molecule has 1 saturated carbocycles. The molecule has 24 heavy (non-hydrogen) atoms. The van der Waals surface area contributed by atoms with Crippen molar-refractivity contribution in [3.05, 3.63) is 29.8 Å².